The van der Waals surface area contributed by atoms with Gasteiger partial charge in [0.2, 0.25) is 9.84 Å². The second-order valence-corrected chi connectivity index (χ2v) is 20.4. The van der Waals surface area contributed by atoms with Gasteiger partial charge in [-0.3, -0.25) is 10.1 Å². The molecule has 3 rings (SSSR count). The van der Waals surface area contributed by atoms with E-state index in [-0.39, 0.29) is 46.5 Å². The van der Waals surface area contributed by atoms with Gasteiger partial charge < -0.3 is 23.4 Å². The summed E-state index contributed by atoms with van der Waals surface area (Å²) in [5.41, 5.74) is 1.88. The fraction of sp³-hybridized carbons (Fsp3) is 0.559. The minimum absolute atomic E-state index is 0.00699. The topological polar surface area (TPSA) is 167 Å². The van der Waals surface area contributed by atoms with Crippen molar-refractivity contribution in [3.8, 4) is 17.2 Å². The van der Waals surface area contributed by atoms with Crippen molar-refractivity contribution in [3.05, 3.63) is 69.8 Å². The first-order chi connectivity index (χ1) is 23.5. The molecule has 0 unspecified atom stereocenters. The molecule has 0 saturated heterocycles. The molecule has 0 aliphatic heterocycles. The number of nitrogens with zero attached hydrogens (tertiary/aromatic N) is 5. The highest BCUT2D eigenvalue weighted by atomic mass is 32.2. The Labute approximate surface area is 296 Å². The minimum atomic E-state index is -3.93. The summed E-state index contributed by atoms with van der Waals surface area (Å²) in [5, 5.41) is 22.8. The summed E-state index contributed by atoms with van der Waals surface area (Å²) in [6.45, 7) is 14.6. The van der Waals surface area contributed by atoms with E-state index in [0.29, 0.717) is 29.8 Å². The summed E-state index contributed by atoms with van der Waals surface area (Å²) < 4.78 is 57.9. The monoisotopic (exact) mass is 733 g/mol. The van der Waals surface area contributed by atoms with Gasteiger partial charge in [-0.1, -0.05) is 57.1 Å². The molecule has 3 aromatic rings. The van der Waals surface area contributed by atoms with Gasteiger partial charge in [0.05, 0.1) is 48.9 Å². The van der Waals surface area contributed by atoms with Crippen LogP contribution in [0.15, 0.2) is 59.3 Å². The minimum Gasteiger partial charge on any atom is -0.496 e. The maximum atomic E-state index is 13.8. The van der Waals surface area contributed by atoms with Gasteiger partial charge in [-0.15, -0.1) is 0 Å². The number of hydrogen-bond donors (Lipinski definition) is 0. The average Bonchev–Trinajstić information content (AvgIpc) is 3.57. The molecule has 0 bridgehead atoms. The molecule has 50 heavy (non-hydrogen) atoms. The maximum Gasteiger partial charge on any atom is 0.314 e. The molecule has 0 aliphatic rings. The predicted octanol–water partition coefficient (Wildman–Crippen LogP) is 6.35. The zero-order chi connectivity index (χ0) is 37.3. The Hall–Kier alpha value is -3.70. The largest absolute Gasteiger partial charge is 0.496 e. The van der Waals surface area contributed by atoms with Crippen molar-refractivity contribution in [1.82, 2.24) is 20.2 Å². The second kappa shape index (κ2) is 17.5. The quantitative estimate of drug-likeness (QED) is 0.0441. The summed E-state index contributed by atoms with van der Waals surface area (Å²) in [4.78, 5) is 11.2. The zero-order valence-corrected chi connectivity index (χ0v) is 32.5. The highest BCUT2D eigenvalue weighted by Crippen LogP contribution is 2.40. The standard InChI is InChI=1S/C34H51N5O9SSi/c1-24(15-14-16-26-21-28(45-7)22-29(39(40)41)32(26)46-8)31(47-23-44-6)25(2)30(48-50(9,10)34(3,4)5)19-20-49(42,43)33-35-36-37-38(33)27-17-12-11-13-18-27/h11-13,15,17-18,21-22,25,30-31H,14,16,19-20,23H2,1-10H3/b24-15+/t25-,30-,31-/m0/s1. The fourth-order valence-electron chi connectivity index (χ4n) is 5.38. The van der Waals surface area contributed by atoms with Crippen LogP contribution >= 0.6 is 0 Å². The number of tetrazole rings is 1. The first-order valence-corrected chi connectivity index (χ1v) is 20.9. The lowest BCUT2D eigenvalue weighted by molar-refractivity contribution is -0.385. The Bertz CT molecular complexity index is 1710. The predicted molar refractivity (Wildman–Crippen MR) is 192 cm³/mol. The van der Waals surface area contributed by atoms with Gasteiger partial charge in [0.25, 0.3) is 5.16 Å². The number of nitro benzene ring substituents is 1. The van der Waals surface area contributed by atoms with Gasteiger partial charge >= 0.3 is 5.69 Å². The summed E-state index contributed by atoms with van der Waals surface area (Å²) in [6, 6.07) is 11.9. The molecule has 0 fully saturated rings. The Kier molecular flexibility index (Phi) is 14.2. The van der Waals surface area contributed by atoms with E-state index in [1.807, 2.05) is 26.0 Å². The third-order valence-electron chi connectivity index (χ3n) is 9.16. The summed E-state index contributed by atoms with van der Waals surface area (Å²) in [7, 11) is -1.94. The number of benzene rings is 2. The smallest absolute Gasteiger partial charge is 0.314 e. The Morgan fingerprint density at radius 2 is 1.78 bits per heavy atom. The van der Waals surface area contributed by atoms with E-state index in [0.717, 1.165) is 5.57 Å². The van der Waals surface area contributed by atoms with Gasteiger partial charge in [0.15, 0.2) is 14.1 Å². The zero-order valence-electron chi connectivity index (χ0n) is 30.7. The molecule has 2 aromatic carbocycles. The number of allylic oxidation sites excluding steroid dienone is 1. The van der Waals surface area contributed by atoms with E-state index >= 15 is 0 Å². The van der Waals surface area contributed by atoms with Crippen molar-refractivity contribution in [3.63, 3.8) is 0 Å². The lowest BCUT2D eigenvalue weighted by Crippen LogP contribution is -2.48. The SMILES string of the molecule is COCO[C@@H](/C(C)=C/CCc1cc(OC)cc([N+](=O)[O-])c1OC)[C@@H](C)[C@H](CCS(=O)(=O)c1nnnn1-c1ccccc1)O[Si](C)(C)C(C)(C)C. The van der Waals surface area contributed by atoms with Gasteiger partial charge in [-0.2, -0.15) is 4.68 Å². The third kappa shape index (κ3) is 10.2. The molecule has 0 N–H and O–H groups in total. The van der Waals surface area contributed by atoms with E-state index in [4.69, 9.17) is 23.4 Å². The number of nitro groups is 1. The molecule has 16 heteroatoms. The summed E-state index contributed by atoms with van der Waals surface area (Å²) in [5.74, 6) is -0.00704. The van der Waals surface area contributed by atoms with E-state index in [2.05, 4.69) is 49.4 Å². The number of sulfone groups is 1. The van der Waals surface area contributed by atoms with Gasteiger partial charge in [0, 0.05) is 18.6 Å². The van der Waals surface area contributed by atoms with Crippen molar-refractivity contribution in [2.75, 3.05) is 33.9 Å². The molecule has 0 amide bonds. The number of hydrogen-bond acceptors (Lipinski definition) is 12. The second-order valence-electron chi connectivity index (χ2n) is 13.7. The third-order valence-corrected chi connectivity index (χ3v) is 15.2. The van der Waals surface area contributed by atoms with Crippen molar-refractivity contribution in [1.29, 1.82) is 0 Å². The van der Waals surface area contributed by atoms with Crippen molar-refractivity contribution < 1.29 is 36.7 Å². The highest BCUT2D eigenvalue weighted by molar-refractivity contribution is 7.91. The molecule has 3 atom stereocenters. The van der Waals surface area contributed by atoms with Gasteiger partial charge in [0.1, 0.15) is 12.5 Å². The number of ether oxygens (including phenoxy) is 4. The molecule has 0 radical (unpaired) electrons. The van der Waals surface area contributed by atoms with Gasteiger partial charge in [-0.25, -0.2) is 8.42 Å². The van der Waals surface area contributed by atoms with Crippen LogP contribution in [0, 0.1) is 16.0 Å². The van der Waals surface area contributed by atoms with Crippen molar-refractivity contribution >= 4 is 23.8 Å². The molecule has 14 nitrogen and oxygen atoms in total. The van der Waals surface area contributed by atoms with Gasteiger partial charge in [-0.05, 0) is 78.5 Å². The number of methoxy groups -OCH3 is 3. The highest BCUT2D eigenvalue weighted by Gasteiger charge is 2.42. The van der Waals surface area contributed by atoms with E-state index in [1.165, 1.54) is 32.1 Å². The van der Waals surface area contributed by atoms with Crippen LogP contribution in [-0.4, -0.2) is 87.9 Å². The van der Waals surface area contributed by atoms with Crippen LogP contribution in [0.1, 0.15) is 53.0 Å². The first kappa shape index (κ1) is 40.7. The normalized spacial score (nSPS) is 14.6. The van der Waals surface area contributed by atoms with Crippen LogP contribution < -0.4 is 9.47 Å². The Balaban J connectivity index is 1.93. The molecule has 276 valence electrons. The maximum absolute atomic E-state index is 13.8. The molecule has 0 spiro atoms. The molecular weight excluding hydrogens is 683 g/mol. The van der Waals surface area contributed by atoms with Crippen molar-refractivity contribution in [2.45, 2.75) is 89.4 Å². The number of para-hydroxylation sites is 1. The van der Waals surface area contributed by atoms with Crippen LogP contribution in [0.25, 0.3) is 5.69 Å². The lowest BCUT2D eigenvalue weighted by atomic mass is 9.90. The van der Waals surface area contributed by atoms with Crippen LogP contribution in [0.4, 0.5) is 5.69 Å². The Morgan fingerprint density at radius 3 is 2.36 bits per heavy atom. The van der Waals surface area contributed by atoms with Crippen LogP contribution in [0.5, 0.6) is 11.5 Å². The van der Waals surface area contributed by atoms with E-state index in [9.17, 15) is 18.5 Å². The van der Waals surface area contributed by atoms with E-state index in [1.54, 1.807) is 30.3 Å². The fourth-order valence-corrected chi connectivity index (χ4v) is 8.11. The number of rotatable bonds is 19. The first-order valence-electron chi connectivity index (χ1n) is 16.4. The van der Waals surface area contributed by atoms with Crippen LogP contribution in [0.3, 0.4) is 0 Å². The van der Waals surface area contributed by atoms with Crippen LogP contribution in [0.2, 0.25) is 18.1 Å². The van der Waals surface area contributed by atoms with Crippen LogP contribution in [-0.2, 0) is 30.2 Å². The van der Waals surface area contributed by atoms with E-state index < -0.39 is 35.3 Å². The molecule has 0 saturated carbocycles. The molecular formula is C34H51N5O9SSi. The Morgan fingerprint density at radius 1 is 1.10 bits per heavy atom. The number of aromatic nitrogens is 4. The average molecular weight is 734 g/mol. The molecule has 0 aliphatic carbocycles. The lowest BCUT2D eigenvalue weighted by Gasteiger charge is -2.42. The summed E-state index contributed by atoms with van der Waals surface area (Å²) >= 11 is 0. The summed E-state index contributed by atoms with van der Waals surface area (Å²) in [6.07, 6.45) is 2.11. The van der Waals surface area contributed by atoms with Crippen molar-refractivity contribution in [2.24, 2.45) is 5.92 Å². The number of aryl methyl sites for hydroxylation is 1. The molecule has 1 aromatic heterocycles. The molecule has 1 heterocycles.